The monoisotopic (exact) mass is 342 g/mol. The summed E-state index contributed by atoms with van der Waals surface area (Å²) < 4.78 is 30.0. The molecule has 7 heteroatoms. The molecule has 1 aromatic rings. The average Bonchev–Trinajstić information content (AvgIpc) is 2.51. The van der Waals surface area contributed by atoms with Crippen molar-refractivity contribution in [1.82, 2.24) is 9.79 Å². The van der Waals surface area contributed by atoms with Crippen LogP contribution in [0, 0.1) is 13.8 Å². The summed E-state index contributed by atoms with van der Waals surface area (Å²) in [6.45, 7) is 6.70. The van der Waals surface area contributed by atoms with E-state index in [1.54, 1.807) is 33.1 Å². The van der Waals surface area contributed by atoms with Crippen LogP contribution in [0.25, 0.3) is 0 Å². The molecule has 1 heterocycles. The van der Waals surface area contributed by atoms with Crippen molar-refractivity contribution < 1.29 is 18.0 Å². The molecule has 0 spiro atoms. The SMILES string of the molecule is COc1cc(C)c(S(=O)(=O)NOCCN2CCCCC2)c(C)c1. The molecule has 1 aliphatic heterocycles. The highest BCUT2D eigenvalue weighted by molar-refractivity contribution is 7.89. The molecule has 1 fully saturated rings. The van der Waals surface area contributed by atoms with Crippen LogP contribution in [0.15, 0.2) is 17.0 Å². The van der Waals surface area contributed by atoms with Gasteiger partial charge < -0.3 is 9.64 Å². The third kappa shape index (κ3) is 4.91. The van der Waals surface area contributed by atoms with Gasteiger partial charge in [-0.05, 0) is 63.0 Å². The molecular weight excluding hydrogens is 316 g/mol. The molecule has 1 N–H and O–H groups in total. The maximum Gasteiger partial charge on any atom is 0.262 e. The Bertz CT molecular complexity index is 602. The zero-order chi connectivity index (χ0) is 16.9. The number of hydrogen-bond acceptors (Lipinski definition) is 5. The minimum absolute atomic E-state index is 0.247. The lowest BCUT2D eigenvalue weighted by atomic mass is 10.1. The van der Waals surface area contributed by atoms with Crippen LogP contribution in [-0.4, -0.2) is 46.7 Å². The van der Waals surface area contributed by atoms with Gasteiger partial charge in [0.1, 0.15) is 5.75 Å². The van der Waals surface area contributed by atoms with Gasteiger partial charge in [0.05, 0.1) is 18.6 Å². The Labute approximate surface area is 138 Å². The first kappa shape index (κ1) is 18.2. The van der Waals surface area contributed by atoms with Gasteiger partial charge in [-0.15, -0.1) is 0 Å². The maximum absolute atomic E-state index is 12.4. The number of rotatable bonds is 7. The molecular formula is C16H26N2O4S. The first-order valence-corrected chi connectivity index (χ1v) is 9.43. The van der Waals surface area contributed by atoms with Gasteiger partial charge in [-0.3, -0.25) is 4.84 Å². The third-order valence-electron chi connectivity index (χ3n) is 4.07. The Kier molecular flexibility index (Phi) is 6.41. The highest BCUT2D eigenvalue weighted by Gasteiger charge is 2.21. The van der Waals surface area contributed by atoms with E-state index in [0.29, 0.717) is 23.5 Å². The fourth-order valence-electron chi connectivity index (χ4n) is 2.97. The van der Waals surface area contributed by atoms with Gasteiger partial charge in [0, 0.05) is 6.54 Å². The number of sulfonamides is 1. The Morgan fingerprint density at radius 3 is 2.30 bits per heavy atom. The van der Waals surface area contributed by atoms with Crippen LogP contribution in [0.2, 0.25) is 0 Å². The van der Waals surface area contributed by atoms with Crippen LogP contribution >= 0.6 is 0 Å². The summed E-state index contributed by atoms with van der Waals surface area (Å²) in [5, 5.41) is 0. The lowest BCUT2D eigenvalue weighted by Crippen LogP contribution is -2.35. The standard InChI is InChI=1S/C16H26N2O4S/c1-13-11-15(21-3)12-14(2)16(13)23(19,20)17-22-10-9-18-7-5-4-6-8-18/h11-12,17H,4-10H2,1-3H3. The average molecular weight is 342 g/mol. The zero-order valence-corrected chi connectivity index (χ0v) is 14.9. The summed E-state index contributed by atoms with van der Waals surface area (Å²) in [6, 6.07) is 3.41. The van der Waals surface area contributed by atoms with E-state index in [-0.39, 0.29) is 4.90 Å². The number of aryl methyl sites for hydroxylation is 2. The molecule has 0 saturated carbocycles. The van der Waals surface area contributed by atoms with E-state index >= 15 is 0 Å². The second-order valence-corrected chi connectivity index (χ2v) is 7.51. The van der Waals surface area contributed by atoms with Crippen molar-refractivity contribution >= 4 is 10.0 Å². The number of hydrogen-bond donors (Lipinski definition) is 1. The van der Waals surface area contributed by atoms with E-state index in [4.69, 9.17) is 9.57 Å². The number of likely N-dealkylation sites (tertiary alicyclic amines) is 1. The second-order valence-electron chi connectivity index (χ2n) is 5.93. The fourth-order valence-corrected chi connectivity index (χ4v) is 4.26. The van der Waals surface area contributed by atoms with Crippen LogP contribution < -0.4 is 9.62 Å². The predicted octanol–water partition coefficient (Wildman–Crippen LogP) is 2.01. The Morgan fingerprint density at radius 1 is 1.13 bits per heavy atom. The molecule has 130 valence electrons. The van der Waals surface area contributed by atoms with Crippen molar-refractivity contribution in [3.63, 3.8) is 0 Å². The van der Waals surface area contributed by atoms with Crippen LogP contribution in [0.3, 0.4) is 0 Å². The largest absolute Gasteiger partial charge is 0.497 e. The second kappa shape index (κ2) is 8.10. The van der Waals surface area contributed by atoms with Crippen LogP contribution in [0.1, 0.15) is 30.4 Å². The van der Waals surface area contributed by atoms with E-state index in [1.807, 2.05) is 0 Å². The number of nitrogens with zero attached hydrogens (tertiary/aromatic N) is 1. The molecule has 1 aliphatic rings. The maximum atomic E-state index is 12.4. The highest BCUT2D eigenvalue weighted by Crippen LogP contribution is 2.25. The van der Waals surface area contributed by atoms with E-state index in [9.17, 15) is 8.42 Å². The van der Waals surface area contributed by atoms with Gasteiger partial charge in [-0.1, -0.05) is 11.3 Å². The van der Waals surface area contributed by atoms with Crippen molar-refractivity contribution in [3.05, 3.63) is 23.3 Å². The molecule has 0 atom stereocenters. The Morgan fingerprint density at radius 2 is 1.74 bits per heavy atom. The molecule has 0 unspecified atom stereocenters. The molecule has 0 aromatic heterocycles. The molecule has 1 saturated heterocycles. The Balaban J connectivity index is 1.93. The quantitative estimate of drug-likeness (QED) is 0.606. The summed E-state index contributed by atoms with van der Waals surface area (Å²) in [4.78, 5) is 9.99. The minimum Gasteiger partial charge on any atom is -0.497 e. The van der Waals surface area contributed by atoms with Crippen molar-refractivity contribution in [2.24, 2.45) is 0 Å². The van der Waals surface area contributed by atoms with Crippen molar-refractivity contribution in [2.45, 2.75) is 38.0 Å². The van der Waals surface area contributed by atoms with Crippen LogP contribution in [-0.2, 0) is 14.9 Å². The molecule has 0 aliphatic carbocycles. The van der Waals surface area contributed by atoms with Gasteiger partial charge in [0.2, 0.25) is 0 Å². The normalized spacial score (nSPS) is 16.5. The van der Waals surface area contributed by atoms with E-state index < -0.39 is 10.0 Å². The summed E-state index contributed by atoms with van der Waals surface area (Å²) in [5.74, 6) is 0.643. The van der Waals surface area contributed by atoms with Crippen LogP contribution in [0.5, 0.6) is 5.75 Å². The molecule has 1 aromatic carbocycles. The fraction of sp³-hybridized carbons (Fsp3) is 0.625. The van der Waals surface area contributed by atoms with Crippen molar-refractivity contribution in [2.75, 3.05) is 33.4 Å². The zero-order valence-electron chi connectivity index (χ0n) is 14.1. The van der Waals surface area contributed by atoms with Gasteiger partial charge in [0.25, 0.3) is 10.0 Å². The first-order chi connectivity index (χ1) is 10.9. The lowest BCUT2D eigenvalue weighted by Gasteiger charge is -2.26. The van der Waals surface area contributed by atoms with Crippen LogP contribution in [0.4, 0.5) is 0 Å². The van der Waals surface area contributed by atoms with E-state index in [2.05, 4.69) is 9.79 Å². The number of methoxy groups -OCH3 is 1. The number of benzene rings is 1. The van der Waals surface area contributed by atoms with Gasteiger partial charge in [-0.25, -0.2) is 8.42 Å². The number of nitrogens with one attached hydrogen (secondary N) is 1. The number of piperidine rings is 1. The highest BCUT2D eigenvalue weighted by atomic mass is 32.2. The molecule has 6 nitrogen and oxygen atoms in total. The lowest BCUT2D eigenvalue weighted by molar-refractivity contribution is 0.0656. The van der Waals surface area contributed by atoms with Gasteiger partial charge in [-0.2, -0.15) is 0 Å². The summed E-state index contributed by atoms with van der Waals surface area (Å²) in [5.41, 5.74) is 1.27. The van der Waals surface area contributed by atoms with E-state index in [0.717, 1.165) is 19.6 Å². The summed E-state index contributed by atoms with van der Waals surface area (Å²) >= 11 is 0. The minimum atomic E-state index is -3.70. The topological polar surface area (TPSA) is 67.9 Å². The number of ether oxygens (including phenoxy) is 1. The third-order valence-corrected chi connectivity index (χ3v) is 5.58. The Hall–Kier alpha value is -1.15. The molecule has 23 heavy (non-hydrogen) atoms. The van der Waals surface area contributed by atoms with E-state index in [1.165, 1.54) is 19.3 Å². The van der Waals surface area contributed by atoms with Crippen molar-refractivity contribution in [1.29, 1.82) is 0 Å². The van der Waals surface area contributed by atoms with Gasteiger partial charge in [0.15, 0.2) is 0 Å². The summed E-state index contributed by atoms with van der Waals surface area (Å²) in [7, 11) is -2.14. The smallest absolute Gasteiger partial charge is 0.262 e. The summed E-state index contributed by atoms with van der Waals surface area (Å²) in [6.07, 6.45) is 3.69. The first-order valence-electron chi connectivity index (χ1n) is 7.95. The predicted molar refractivity (Wildman–Crippen MR) is 89.0 cm³/mol. The molecule has 2 rings (SSSR count). The molecule has 0 radical (unpaired) electrons. The van der Waals surface area contributed by atoms with Gasteiger partial charge >= 0.3 is 0 Å². The molecule has 0 amide bonds. The van der Waals surface area contributed by atoms with Crippen molar-refractivity contribution in [3.8, 4) is 5.75 Å². The molecule has 0 bridgehead atoms.